The van der Waals surface area contributed by atoms with Gasteiger partial charge in [0.25, 0.3) is 0 Å². The van der Waals surface area contributed by atoms with Gasteiger partial charge < -0.3 is 9.80 Å². The van der Waals surface area contributed by atoms with Crippen molar-refractivity contribution in [2.24, 2.45) is 0 Å². The Balaban J connectivity index is 1.50. The SMILES string of the molecule is Cc1cc(C=CC=CC(=O)N2CCCN(C(=O)C=CC=Cc3cc(C)c(C)c(C)c3)CC2)cc(C)c1C. The molecular weight excluding hydrogens is 456 g/mol. The van der Waals surface area contributed by atoms with E-state index >= 15 is 0 Å². The van der Waals surface area contributed by atoms with E-state index in [1.807, 2.05) is 34.1 Å². The molecule has 1 aliphatic rings. The summed E-state index contributed by atoms with van der Waals surface area (Å²) in [6.07, 6.45) is 15.5. The van der Waals surface area contributed by atoms with Crippen molar-refractivity contribution >= 4 is 24.0 Å². The van der Waals surface area contributed by atoms with Gasteiger partial charge in [-0.3, -0.25) is 9.59 Å². The number of aryl methyl sites for hydroxylation is 4. The number of benzene rings is 2. The summed E-state index contributed by atoms with van der Waals surface area (Å²) in [5, 5.41) is 0. The van der Waals surface area contributed by atoms with E-state index in [0.29, 0.717) is 26.2 Å². The van der Waals surface area contributed by atoms with Gasteiger partial charge in [-0.25, -0.2) is 0 Å². The molecule has 0 spiro atoms. The van der Waals surface area contributed by atoms with Crippen LogP contribution in [0.4, 0.5) is 0 Å². The van der Waals surface area contributed by atoms with Gasteiger partial charge in [0, 0.05) is 38.3 Å². The fourth-order valence-corrected chi connectivity index (χ4v) is 4.51. The van der Waals surface area contributed by atoms with Crippen molar-refractivity contribution < 1.29 is 9.59 Å². The monoisotopic (exact) mass is 496 g/mol. The van der Waals surface area contributed by atoms with E-state index < -0.39 is 0 Å². The highest BCUT2D eigenvalue weighted by atomic mass is 16.2. The summed E-state index contributed by atoms with van der Waals surface area (Å²) >= 11 is 0. The van der Waals surface area contributed by atoms with Crippen LogP contribution in [0.25, 0.3) is 12.2 Å². The van der Waals surface area contributed by atoms with Gasteiger partial charge in [0.1, 0.15) is 0 Å². The summed E-state index contributed by atoms with van der Waals surface area (Å²) in [4.78, 5) is 29.0. The minimum absolute atomic E-state index is 0.0163. The molecule has 1 fully saturated rings. The van der Waals surface area contributed by atoms with Gasteiger partial charge in [0.05, 0.1) is 0 Å². The number of rotatable bonds is 6. The molecule has 0 unspecified atom stereocenters. The minimum Gasteiger partial charge on any atom is -0.337 e. The Hall–Kier alpha value is -3.66. The third-order valence-electron chi connectivity index (χ3n) is 7.30. The third kappa shape index (κ3) is 7.91. The average Bonchev–Trinajstić information content (AvgIpc) is 3.12. The van der Waals surface area contributed by atoms with Crippen molar-refractivity contribution in [3.8, 4) is 0 Å². The van der Waals surface area contributed by atoms with Crippen molar-refractivity contribution in [1.29, 1.82) is 0 Å². The first kappa shape index (κ1) is 27.9. The smallest absolute Gasteiger partial charge is 0.246 e. The van der Waals surface area contributed by atoms with Crippen molar-refractivity contribution in [1.82, 2.24) is 9.80 Å². The highest BCUT2D eigenvalue weighted by Gasteiger charge is 2.19. The van der Waals surface area contributed by atoms with Gasteiger partial charge in [0.15, 0.2) is 0 Å². The summed E-state index contributed by atoms with van der Waals surface area (Å²) < 4.78 is 0. The van der Waals surface area contributed by atoms with Gasteiger partial charge in [-0.15, -0.1) is 0 Å². The van der Waals surface area contributed by atoms with Crippen LogP contribution in [-0.4, -0.2) is 47.8 Å². The Morgan fingerprint density at radius 3 is 1.27 bits per heavy atom. The van der Waals surface area contributed by atoms with Gasteiger partial charge >= 0.3 is 0 Å². The first-order chi connectivity index (χ1) is 17.7. The Bertz CT molecular complexity index is 1120. The zero-order valence-corrected chi connectivity index (χ0v) is 23.2. The number of carbonyl (C=O) groups is 2. The molecule has 1 saturated heterocycles. The van der Waals surface area contributed by atoms with Crippen molar-refractivity contribution in [3.05, 3.63) is 105 Å². The van der Waals surface area contributed by atoms with Gasteiger partial charge in [-0.1, -0.05) is 60.7 Å². The molecule has 2 amide bonds. The van der Waals surface area contributed by atoms with E-state index in [1.165, 1.54) is 33.4 Å². The quantitative estimate of drug-likeness (QED) is 0.341. The summed E-state index contributed by atoms with van der Waals surface area (Å²) in [5.74, 6) is -0.0326. The molecule has 0 aliphatic carbocycles. The van der Waals surface area contributed by atoms with Crippen LogP contribution in [0.15, 0.2) is 60.7 Å². The van der Waals surface area contributed by atoms with Crippen molar-refractivity contribution in [3.63, 3.8) is 0 Å². The highest BCUT2D eigenvalue weighted by Crippen LogP contribution is 2.17. The second-order valence-electron chi connectivity index (χ2n) is 10.00. The summed E-state index contributed by atoms with van der Waals surface area (Å²) in [6.45, 7) is 15.1. The Labute approximate surface area is 222 Å². The molecule has 2 aromatic carbocycles. The summed E-state index contributed by atoms with van der Waals surface area (Å²) in [7, 11) is 0. The predicted octanol–water partition coefficient (Wildman–Crippen LogP) is 6.44. The molecule has 0 N–H and O–H groups in total. The Morgan fingerprint density at radius 2 is 0.919 bits per heavy atom. The average molecular weight is 497 g/mol. The van der Waals surface area contributed by atoms with Crippen LogP contribution in [0.1, 0.15) is 50.9 Å². The van der Waals surface area contributed by atoms with E-state index in [0.717, 1.165) is 17.5 Å². The van der Waals surface area contributed by atoms with E-state index in [4.69, 9.17) is 0 Å². The molecule has 4 heteroatoms. The maximum atomic E-state index is 12.7. The second-order valence-corrected chi connectivity index (χ2v) is 10.00. The standard InChI is InChI=1S/C33H40N2O2/c1-24-20-30(21-25(2)28(24)5)12-7-9-14-32(36)34-16-11-17-35(19-18-34)33(37)15-10-8-13-31-22-26(3)29(6)27(4)23-31/h7-10,12-15,20-23H,11,16-19H2,1-6H3. The predicted molar refractivity (Wildman–Crippen MR) is 155 cm³/mol. The molecule has 0 bridgehead atoms. The molecule has 1 aliphatic heterocycles. The first-order valence-electron chi connectivity index (χ1n) is 13.1. The summed E-state index contributed by atoms with van der Waals surface area (Å²) in [5.41, 5.74) is 9.97. The van der Waals surface area contributed by atoms with Crippen LogP contribution in [0.2, 0.25) is 0 Å². The molecule has 0 aromatic heterocycles. The number of amides is 2. The van der Waals surface area contributed by atoms with E-state index in [2.05, 4.69) is 65.8 Å². The number of hydrogen-bond acceptors (Lipinski definition) is 2. The topological polar surface area (TPSA) is 40.6 Å². The lowest BCUT2D eigenvalue weighted by Crippen LogP contribution is -2.36. The van der Waals surface area contributed by atoms with E-state index in [9.17, 15) is 9.59 Å². The highest BCUT2D eigenvalue weighted by molar-refractivity contribution is 5.89. The van der Waals surface area contributed by atoms with E-state index in [-0.39, 0.29) is 11.8 Å². The molecule has 1 heterocycles. The first-order valence-corrected chi connectivity index (χ1v) is 13.1. The zero-order chi connectivity index (χ0) is 26.9. The lowest BCUT2D eigenvalue weighted by Gasteiger charge is -2.20. The van der Waals surface area contributed by atoms with Crippen LogP contribution < -0.4 is 0 Å². The van der Waals surface area contributed by atoms with Crippen LogP contribution in [0.3, 0.4) is 0 Å². The van der Waals surface area contributed by atoms with Crippen molar-refractivity contribution in [2.45, 2.75) is 48.0 Å². The van der Waals surface area contributed by atoms with Crippen LogP contribution >= 0.6 is 0 Å². The molecule has 0 radical (unpaired) electrons. The van der Waals surface area contributed by atoms with Crippen LogP contribution in [0.5, 0.6) is 0 Å². The van der Waals surface area contributed by atoms with Gasteiger partial charge in [0.2, 0.25) is 11.8 Å². The Kier molecular flexibility index (Phi) is 9.85. The molecule has 4 nitrogen and oxygen atoms in total. The zero-order valence-electron chi connectivity index (χ0n) is 23.2. The molecule has 0 atom stereocenters. The number of carbonyl (C=O) groups excluding carboxylic acids is 2. The van der Waals surface area contributed by atoms with Crippen LogP contribution in [-0.2, 0) is 9.59 Å². The van der Waals surface area contributed by atoms with Gasteiger partial charge in [-0.2, -0.15) is 0 Å². The number of allylic oxidation sites excluding steroid dienone is 4. The normalized spacial score (nSPS) is 15.0. The number of hydrogen-bond donors (Lipinski definition) is 0. The Morgan fingerprint density at radius 1 is 0.568 bits per heavy atom. The molecule has 3 rings (SSSR count). The minimum atomic E-state index is -0.0163. The lowest BCUT2D eigenvalue weighted by molar-refractivity contribution is -0.128. The van der Waals surface area contributed by atoms with E-state index in [1.54, 1.807) is 24.3 Å². The third-order valence-corrected chi connectivity index (χ3v) is 7.30. The molecule has 2 aromatic rings. The summed E-state index contributed by atoms with van der Waals surface area (Å²) in [6, 6.07) is 8.63. The fraction of sp³-hybridized carbons (Fsp3) is 0.333. The molecular formula is C33H40N2O2. The molecule has 0 saturated carbocycles. The maximum Gasteiger partial charge on any atom is 0.246 e. The second kappa shape index (κ2) is 13.0. The number of nitrogens with zero attached hydrogens (tertiary/aromatic N) is 2. The maximum absolute atomic E-state index is 12.7. The fourth-order valence-electron chi connectivity index (χ4n) is 4.51. The molecule has 194 valence electrons. The molecule has 37 heavy (non-hydrogen) atoms. The lowest BCUT2D eigenvalue weighted by atomic mass is 10.0. The largest absolute Gasteiger partial charge is 0.337 e. The van der Waals surface area contributed by atoms with Gasteiger partial charge in [-0.05, 0) is 92.5 Å². The van der Waals surface area contributed by atoms with Crippen molar-refractivity contribution in [2.75, 3.05) is 26.2 Å². The van der Waals surface area contributed by atoms with Crippen LogP contribution in [0, 0.1) is 41.5 Å².